The third-order valence-corrected chi connectivity index (χ3v) is 7.93. The first-order valence-corrected chi connectivity index (χ1v) is 12.3. The summed E-state index contributed by atoms with van der Waals surface area (Å²) in [6, 6.07) is 0. The van der Waals surface area contributed by atoms with Crippen LogP contribution in [0.4, 0.5) is 0 Å². The Balaban J connectivity index is 6.19. The van der Waals surface area contributed by atoms with Gasteiger partial charge in [-0.15, -0.1) is 0 Å². The molecular weight excluding hydrogens is 389 g/mol. The standard InChI is InChI=1S/C22H47B3N2O4/c1-9-19(7,30)15(28)17(23)26-20(8,10-2)21(11-3,12-4)16(29)18(25-24)27-22(31,13-5)14-6/h17-18,25-27,30-31H,9-14,23-24H2,1-8H3. The predicted molar refractivity (Wildman–Crippen MR) is 136 cm³/mol. The second kappa shape index (κ2) is 12.0. The summed E-state index contributed by atoms with van der Waals surface area (Å²) < 4.78 is 0. The summed E-state index contributed by atoms with van der Waals surface area (Å²) in [5.74, 6) is -1.28. The molecule has 0 aliphatic heterocycles. The molecule has 0 aromatic rings. The van der Waals surface area contributed by atoms with Crippen molar-refractivity contribution in [2.75, 3.05) is 0 Å². The Kier molecular flexibility index (Phi) is 11.8. The highest BCUT2D eigenvalue weighted by molar-refractivity contribution is 6.92. The molecule has 0 radical (unpaired) electrons. The molecule has 6 nitrogen and oxygen atoms in total. The second-order valence-corrected chi connectivity index (χ2v) is 9.54. The Hall–Kier alpha value is -0.625. The van der Waals surface area contributed by atoms with E-state index in [-0.39, 0.29) is 11.6 Å². The minimum absolute atomic E-state index is 0.0686. The summed E-state index contributed by atoms with van der Waals surface area (Å²) in [7, 11) is 4.30. The molecule has 4 N–H and O–H groups in total. The smallest absolute Gasteiger partial charge is 0.172 e. The van der Waals surface area contributed by atoms with Gasteiger partial charge in [0.15, 0.2) is 5.78 Å². The first-order chi connectivity index (χ1) is 14.2. The molecular formula is C22H47B3N2O4. The molecule has 4 atom stereocenters. The summed E-state index contributed by atoms with van der Waals surface area (Å²) in [6.45, 7) is 15.2. The van der Waals surface area contributed by atoms with E-state index in [0.29, 0.717) is 45.7 Å². The van der Waals surface area contributed by atoms with Crippen molar-refractivity contribution in [3.05, 3.63) is 0 Å². The number of carbonyl (C=O) groups is 2. The Morgan fingerprint density at radius 3 is 1.65 bits per heavy atom. The fourth-order valence-corrected chi connectivity index (χ4v) is 4.88. The van der Waals surface area contributed by atoms with E-state index >= 15 is 0 Å². The second-order valence-electron chi connectivity index (χ2n) is 9.54. The van der Waals surface area contributed by atoms with Crippen molar-refractivity contribution in [3.8, 4) is 0 Å². The Morgan fingerprint density at radius 2 is 1.32 bits per heavy atom. The Morgan fingerprint density at radius 1 is 0.839 bits per heavy atom. The molecule has 0 spiro atoms. The zero-order chi connectivity index (χ0) is 24.7. The zero-order valence-electron chi connectivity index (χ0n) is 21.8. The number of aliphatic hydroxyl groups is 2. The molecule has 0 aliphatic carbocycles. The first-order valence-electron chi connectivity index (χ1n) is 12.3. The van der Waals surface area contributed by atoms with Crippen LogP contribution in [0.25, 0.3) is 0 Å². The topological polar surface area (TPSA) is 98.7 Å². The van der Waals surface area contributed by atoms with Crippen LogP contribution in [0.2, 0.25) is 0 Å². The summed E-state index contributed by atoms with van der Waals surface area (Å²) in [5.41, 5.74) is -3.87. The molecule has 178 valence electrons. The van der Waals surface area contributed by atoms with Crippen LogP contribution in [0.3, 0.4) is 0 Å². The predicted octanol–water partition coefficient (Wildman–Crippen LogP) is 0.218. The quantitative estimate of drug-likeness (QED) is 0.204. The maximum absolute atomic E-state index is 14.0. The monoisotopic (exact) mass is 436 g/mol. The van der Waals surface area contributed by atoms with Gasteiger partial charge in [-0.2, -0.15) is 0 Å². The molecule has 9 heteroatoms. The van der Waals surface area contributed by atoms with E-state index < -0.39 is 34.2 Å². The van der Waals surface area contributed by atoms with Gasteiger partial charge >= 0.3 is 0 Å². The van der Waals surface area contributed by atoms with Crippen molar-refractivity contribution in [1.82, 2.24) is 10.6 Å². The fraction of sp³-hybridized carbons (Fsp3) is 0.909. The average Bonchev–Trinajstić information content (AvgIpc) is 2.77. The van der Waals surface area contributed by atoms with E-state index in [9.17, 15) is 19.8 Å². The van der Waals surface area contributed by atoms with Gasteiger partial charge < -0.3 is 15.5 Å². The Labute approximate surface area is 193 Å². The van der Waals surface area contributed by atoms with Crippen LogP contribution in [0, 0.1) is 5.41 Å². The van der Waals surface area contributed by atoms with Crippen molar-refractivity contribution in [2.24, 2.45) is 5.41 Å². The molecule has 0 aromatic heterocycles. The number of carbonyl (C=O) groups excluding carboxylic acids is 2. The van der Waals surface area contributed by atoms with Gasteiger partial charge in [-0.1, -0.05) is 41.5 Å². The van der Waals surface area contributed by atoms with Gasteiger partial charge in [0.1, 0.15) is 32.1 Å². The molecule has 0 aromatic carbocycles. The molecule has 0 fully saturated rings. The zero-order valence-corrected chi connectivity index (χ0v) is 21.8. The number of ketones is 2. The SMILES string of the molecule is BBC(NC(O)(CC)CC)C(=O)C(CC)(CC)C(C)(CC)NC(B)C(=O)C(C)(O)CC. The molecule has 0 saturated carbocycles. The van der Waals surface area contributed by atoms with E-state index in [2.05, 4.69) is 10.6 Å². The highest BCUT2D eigenvalue weighted by Crippen LogP contribution is 2.43. The average molecular weight is 436 g/mol. The lowest BCUT2D eigenvalue weighted by atomic mass is 9.45. The van der Waals surface area contributed by atoms with Gasteiger partial charge in [-0.05, 0) is 52.4 Å². The first kappa shape index (κ1) is 30.4. The van der Waals surface area contributed by atoms with Gasteiger partial charge in [-0.3, -0.25) is 14.9 Å². The summed E-state index contributed by atoms with van der Waals surface area (Å²) in [4.78, 5) is 26.9. The summed E-state index contributed by atoms with van der Waals surface area (Å²) >= 11 is 0. The summed E-state index contributed by atoms with van der Waals surface area (Å²) in [5, 5.41) is 28.0. The van der Waals surface area contributed by atoms with Crippen LogP contribution in [-0.2, 0) is 9.59 Å². The molecule has 4 unspecified atom stereocenters. The maximum Gasteiger partial charge on any atom is 0.172 e. The van der Waals surface area contributed by atoms with E-state index in [1.54, 1.807) is 21.7 Å². The lowest BCUT2D eigenvalue weighted by Gasteiger charge is -2.51. The van der Waals surface area contributed by atoms with E-state index in [4.69, 9.17) is 0 Å². The number of hydrogen-bond acceptors (Lipinski definition) is 6. The van der Waals surface area contributed by atoms with Gasteiger partial charge in [0.05, 0.1) is 7.74 Å². The number of hydrogen-bond donors (Lipinski definition) is 4. The van der Waals surface area contributed by atoms with Gasteiger partial charge in [-0.25, -0.2) is 0 Å². The van der Waals surface area contributed by atoms with Crippen LogP contribution < -0.4 is 10.6 Å². The fourth-order valence-electron chi connectivity index (χ4n) is 4.88. The minimum atomic E-state index is -1.40. The van der Waals surface area contributed by atoms with Crippen molar-refractivity contribution >= 4 is 34.3 Å². The Bertz CT molecular complexity index is 595. The van der Waals surface area contributed by atoms with Crippen LogP contribution in [0.1, 0.15) is 93.9 Å². The van der Waals surface area contributed by atoms with Gasteiger partial charge in [0.25, 0.3) is 0 Å². The third-order valence-electron chi connectivity index (χ3n) is 7.93. The minimum Gasteiger partial charge on any atom is -0.382 e. The van der Waals surface area contributed by atoms with Crippen LogP contribution >= 0.6 is 0 Å². The van der Waals surface area contributed by atoms with Crippen LogP contribution in [-0.4, -0.2) is 73.3 Å². The highest BCUT2D eigenvalue weighted by Gasteiger charge is 2.53. The number of nitrogens with one attached hydrogen (secondary N) is 2. The normalized spacial score (nSPS) is 18.5. The van der Waals surface area contributed by atoms with E-state index in [1.165, 1.54) is 0 Å². The molecule has 0 amide bonds. The summed E-state index contributed by atoms with van der Waals surface area (Å²) in [6.07, 6.45) is 3.23. The maximum atomic E-state index is 14.0. The third kappa shape index (κ3) is 6.46. The van der Waals surface area contributed by atoms with Crippen molar-refractivity contribution in [2.45, 2.75) is 123 Å². The number of Topliss-reactive ketones (excluding diaryl/α,β-unsaturated/α-hetero) is 2. The molecule has 0 saturated heterocycles. The lowest BCUT2D eigenvalue weighted by molar-refractivity contribution is -0.141. The van der Waals surface area contributed by atoms with E-state index in [0.717, 1.165) is 0 Å². The molecule has 0 bridgehead atoms. The van der Waals surface area contributed by atoms with Crippen molar-refractivity contribution < 1.29 is 19.8 Å². The lowest BCUT2D eigenvalue weighted by Crippen LogP contribution is -2.68. The van der Waals surface area contributed by atoms with Crippen molar-refractivity contribution in [3.63, 3.8) is 0 Å². The van der Waals surface area contributed by atoms with Crippen LogP contribution in [0.5, 0.6) is 0 Å². The highest BCUT2D eigenvalue weighted by atomic mass is 16.3. The van der Waals surface area contributed by atoms with Crippen molar-refractivity contribution in [1.29, 1.82) is 0 Å². The van der Waals surface area contributed by atoms with Crippen LogP contribution in [0.15, 0.2) is 0 Å². The van der Waals surface area contributed by atoms with Gasteiger partial charge in [0, 0.05) is 22.8 Å². The molecule has 0 rings (SSSR count). The van der Waals surface area contributed by atoms with E-state index in [1.807, 2.05) is 49.3 Å². The molecule has 31 heavy (non-hydrogen) atoms. The molecule has 0 aliphatic rings. The van der Waals surface area contributed by atoms with Gasteiger partial charge in [0.2, 0.25) is 0 Å². The largest absolute Gasteiger partial charge is 0.382 e. The molecule has 0 heterocycles. The number of rotatable bonds is 16.